The van der Waals surface area contributed by atoms with E-state index in [1.165, 1.54) is 16.7 Å². The van der Waals surface area contributed by atoms with E-state index in [1.54, 1.807) is 48.7 Å². The van der Waals surface area contributed by atoms with Crippen molar-refractivity contribution in [3.63, 3.8) is 0 Å². The summed E-state index contributed by atoms with van der Waals surface area (Å²) in [7, 11) is -4.42. The van der Waals surface area contributed by atoms with E-state index in [2.05, 4.69) is 16.0 Å². The maximum atomic E-state index is 14.0. The molecule has 0 amide bonds. The molecule has 200 valence electrons. The lowest BCUT2D eigenvalue weighted by Gasteiger charge is -2.23. The molecule has 0 saturated heterocycles. The quantitative estimate of drug-likeness (QED) is 0.301. The van der Waals surface area contributed by atoms with E-state index in [4.69, 9.17) is 0 Å². The Morgan fingerprint density at radius 2 is 1.82 bits per heavy atom. The lowest BCUT2D eigenvalue weighted by atomic mass is 10.0. The number of rotatable bonds is 9. The molecule has 0 aliphatic heterocycles. The van der Waals surface area contributed by atoms with E-state index >= 15 is 0 Å². The minimum Gasteiger partial charge on any atom is -0.492 e. The van der Waals surface area contributed by atoms with Crippen LogP contribution >= 0.6 is 0 Å². The van der Waals surface area contributed by atoms with E-state index in [0.717, 1.165) is 23.2 Å². The largest absolute Gasteiger partial charge is 0.492 e. The van der Waals surface area contributed by atoms with Gasteiger partial charge in [-0.3, -0.25) is 14.3 Å². The highest BCUT2D eigenvalue weighted by Gasteiger charge is 2.31. The van der Waals surface area contributed by atoms with Crippen molar-refractivity contribution in [3.05, 3.63) is 99.9 Å². The number of pyridine rings is 1. The molecule has 2 aromatic heterocycles. The molecule has 1 unspecified atom stereocenters. The van der Waals surface area contributed by atoms with Crippen LogP contribution in [-0.2, 0) is 16.3 Å². The number of nitriles is 1. The van der Waals surface area contributed by atoms with Crippen LogP contribution < -0.4 is 5.56 Å². The zero-order chi connectivity index (χ0) is 28.2. The van der Waals surface area contributed by atoms with Crippen molar-refractivity contribution in [3.8, 4) is 23.1 Å². The van der Waals surface area contributed by atoms with Gasteiger partial charge in [0.25, 0.3) is 5.56 Å². The van der Waals surface area contributed by atoms with Gasteiger partial charge < -0.3 is 5.11 Å². The molecule has 0 fully saturated rings. The second-order valence-electron chi connectivity index (χ2n) is 9.28. The topological polar surface area (TPSA) is 126 Å². The van der Waals surface area contributed by atoms with Crippen LogP contribution in [0.5, 0.6) is 5.88 Å². The summed E-state index contributed by atoms with van der Waals surface area (Å²) >= 11 is 0. The second kappa shape index (κ2) is 11.6. The van der Waals surface area contributed by atoms with E-state index in [-0.39, 0.29) is 4.90 Å². The van der Waals surface area contributed by atoms with E-state index in [1.807, 2.05) is 26.8 Å². The number of aryl methyl sites for hydroxylation is 2. The molecule has 0 spiro atoms. The Hall–Kier alpha value is -4.29. The van der Waals surface area contributed by atoms with Crippen LogP contribution in [0.15, 0.2) is 81.4 Å². The first-order valence-corrected chi connectivity index (χ1v) is 14.3. The van der Waals surface area contributed by atoms with E-state index in [0.29, 0.717) is 36.2 Å². The molecule has 0 aliphatic rings. The van der Waals surface area contributed by atoms with Gasteiger partial charge in [0.2, 0.25) is 15.7 Å². The van der Waals surface area contributed by atoms with Crippen molar-refractivity contribution in [2.24, 2.45) is 0 Å². The average molecular weight is 543 g/mol. The highest BCUT2D eigenvalue weighted by molar-refractivity contribution is 7.91. The third-order valence-corrected chi connectivity index (χ3v) is 8.52. The van der Waals surface area contributed by atoms with Gasteiger partial charge >= 0.3 is 0 Å². The molecule has 39 heavy (non-hydrogen) atoms. The van der Waals surface area contributed by atoms with Crippen molar-refractivity contribution >= 4 is 9.84 Å². The van der Waals surface area contributed by atoms with Gasteiger partial charge in [0.1, 0.15) is 5.82 Å². The Morgan fingerprint density at radius 1 is 1.08 bits per heavy atom. The molecule has 1 N–H and O–H groups in total. The zero-order valence-corrected chi connectivity index (χ0v) is 22.9. The van der Waals surface area contributed by atoms with Crippen molar-refractivity contribution in [2.45, 2.75) is 62.3 Å². The fourth-order valence-electron chi connectivity index (χ4n) is 4.72. The minimum atomic E-state index is -4.42. The molecule has 2 aromatic carbocycles. The van der Waals surface area contributed by atoms with E-state index in [9.17, 15) is 23.6 Å². The molecule has 4 rings (SSSR count). The number of nitrogens with zero attached hydrogens (tertiary/aromatic N) is 4. The molecule has 0 bridgehead atoms. The number of hydrogen-bond acceptors (Lipinski definition) is 7. The molecule has 2 heterocycles. The number of benzene rings is 2. The summed E-state index contributed by atoms with van der Waals surface area (Å²) in [5.41, 5.74) is 2.71. The minimum absolute atomic E-state index is 0.130. The number of aromatic hydroxyl groups is 1. The summed E-state index contributed by atoms with van der Waals surface area (Å²) in [6.45, 7) is 5.73. The Labute approximate surface area is 228 Å². The summed E-state index contributed by atoms with van der Waals surface area (Å²) in [4.78, 5) is 21.6. The number of aromatic nitrogens is 3. The molecule has 0 saturated carbocycles. The van der Waals surface area contributed by atoms with Crippen LogP contribution in [0.1, 0.15) is 61.8 Å². The first-order valence-electron chi connectivity index (χ1n) is 12.8. The maximum Gasteiger partial charge on any atom is 0.277 e. The van der Waals surface area contributed by atoms with Crippen LogP contribution in [0, 0.1) is 18.3 Å². The summed E-state index contributed by atoms with van der Waals surface area (Å²) in [5.74, 6) is -0.509. The van der Waals surface area contributed by atoms with Crippen molar-refractivity contribution in [1.82, 2.24) is 14.5 Å². The van der Waals surface area contributed by atoms with Crippen LogP contribution in [-0.4, -0.2) is 28.1 Å². The normalized spacial score (nSPS) is 12.2. The third kappa shape index (κ3) is 5.47. The number of unbranched alkanes of at least 4 members (excludes halogenated alkanes) is 1. The van der Waals surface area contributed by atoms with Gasteiger partial charge in [0.05, 0.1) is 22.6 Å². The zero-order valence-electron chi connectivity index (χ0n) is 22.1. The van der Waals surface area contributed by atoms with Crippen molar-refractivity contribution in [2.75, 3.05) is 0 Å². The molecule has 4 aromatic rings. The standard InChI is InChI=1S/C30H30N4O4S/c1-4-6-12-27-33-29(35)28(30(36)34(27)26(5-2)23-10-7-9-21(18-23)19-31)39(37,38)24-15-13-22(14-16-24)25-11-8-17-32-20(25)3/h7-11,13-18,26,35H,4-6,12H2,1-3H3. The molecule has 1 atom stereocenters. The third-order valence-electron chi connectivity index (χ3n) is 6.73. The summed E-state index contributed by atoms with van der Waals surface area (Å²) in [6.07, 6.45) is 4.02. The maximum absolute atomic E-state index is 14.0. The SMILES string of the molecule is CCCCc1nc(O)c(S(=O)(=O)c2ccc(-c3cccnc3C)cc2)c(=O)n1C(CC)c1cccc(C#N)c1. The summed E-state index contributed by atoms with van der Waals surface area (Å²) < 4.78 is 28.9. The molecular formula is C30H30N4O4S. The highest BCUT2D eigenvalue weighted by Crippen LogP contribution is 2.30. The fourth-order valence-corrected chi connectivity index (χ4v) is 6.06. The molecule has 9 heteroatoms. The Kier molecular flexibility index (Phi) is 8.27. The predicted octanol–water partition coefficient (Wildman–Crippen LogP) is 5.37. The highest BCUT2D eigenvalue weighted by atomic mass is 32.2. The van der Waals surface area contributed by atoms with Crippen molar-refractivity contribution < 1.29 is 13.5 Å². The smallest absolute Gasteiger partial charge is 0.277 e. The lowest BCUT2D eigenvalue weighted by Crippen LogP contribution is -2.33. The van der Waals surface area contributed by atoms with Gasteiger partial charge in [-0.25, -0.2) is 8.42 Å². The van der Waals surface area contributed by atoms with Crippen molar-refractivity contribution in [1.29, 1.82) is 5.26 Å². The fraction of sp³-hybridized carbons (Fsp3) is 0.267. The van der Waals surface area contributed by atoms with Gasteiger partial charge in [-0.1, -0.05) is 50.6 Å². The Balaban J connectivity index is 1.88. The molecule has 0 aliphatic carbocycles. The van der Waals surface area contributed by atoms with E-state index < -0.39 is 32.2 Å². The first kappa shape index (κ1) is 27.7. The predicted molar refractivity (Wildman–Crippen MR) is 148 cm³/mol. The van der Waals surface area contributed by atoms with Gasteiger partial charge in [-0.05, 0) is 61.2 Å². The molecule has 8 nitrogen and oxygen atoms in total. The lowest BCUT2D eigenvalue weighted by molar-refractivity contribution is 0.406. The average Bonchev–Trinajstić information content (AvgIpc) is 2.94. The van der Waals surface area contributed by atoms with Gasteiger partial charge in [-0.2, -0.15) is 10.2 Å². The van der Waals surface area contributed by atoms with Gasteiger partial charge in [0, 0.05) is 23.9 Å². The van der Waals surface area contributed by atoms with Crippen LogP contribution in [0.2, 0.25) is 0 Å². The Morgan fingerprint density at radius 3 is 2.46 bits per heavy atom. The summed E-state index contributed by atoms with van der Waals surface area (Å²) in [6, 6.07) is 18.2. The molecular weight excluding hydrogens is 512 g/mol. The van der Waals surface area contributed by atoms with Gasteiger partial charge in [-0.15, -0.1) is 0 Å². The second-order valence-corrected chi connectivity index (χ2v) is 11.2. The van der Waals surface area contributed by atoms with Gasteiger partial charge in [0.15, 0.2) is 4.90 Å². The van der Waals surface area contributed by atoms with Crippen LogP contribution in [0.3, 0.4) is 0 Å². The number of hydrogen-bond donors (Lipinski definition) is 1. The van der Waals surface area contributed by atoms with Crippen LogP contribution in [0.25, 0.3) is 11.1 Å². The molecule has 0 radical (unpaired) electrons. The monoisotopic (exact) mass is 542 g/mol. The first-order chi connectivity index (χ1) is 18.7. The number of sulfone groups is 1. The Bertz CT molecular complexity index is 1700. The summed E-state index contributed by atoms with van der Waals surface area (Å²) in [5, 5.41) is 20.2. The van der Waals surface area contributed by atoms with Crippen LogP contribution in [0.4, 0.5) is 0 Å².